The molecule has 1 N–H and O–H groups in total. The molecule has 4 heteroatoms. The van der Waals surface area contributed by atoms with E-state index in [1.807, 2.05) is 6.92 Å². The molecule has 0 radical (unpaired) electrons. The Morgan fingerprint density at radius 2 is 1.57 bits per heavy atom. The van der Waals surface area contributed by atoms with Crippen LogP contribution < -0.4 is 0 Å². The van der Waals surface area contributed by atoms with Gasteiger partial charge < -0.3 is 9.84 Å². The minimum atomic E-state index is -1.83. The summed E-state index contributed by atoms with van der Waals surface area (Å²) >= 11 is 0. The molecule has 0 heterocycles. The quantitative estimate of drug-likeness (QED) is 0.325. The predicted octanol–water partition coefficient (Wildman–Crippen LogP) is 4.32. The molecule has 3 nitrogen and oxygen atoms in total. The number of esters is 1. The first-order valence-electron chi connectivity index (χ1n) is 8.65. The van der Waals surface area contributed by atoms with Crippen molar-refractivity contribution in [1.29, 1.82) is 0 Å². The van der Waals surface area contributed by atoms with Gasteiger partial charge in [0.2, 0.25) is 0 Å². The summed E-state index contributed by atoms with van der Waals surface area (Å²) < 4.78 is 4.84. The Morgan fingerprint density at radius 1 is 1.09 bits per heavy atom. The van der Waals surface area contributed by atoms with Crippen LogP contribution in [0.4, 0.5) is 0 Å². The lowest BCUT2D eigenvalue weighted by Gasteiger charge is -2.38. The number of ether oxygens (including phenoxy) is 1. The molecule has 0 aliphatic heterocycles. The largest absolute Gasteiger partial charge is 0.463 e. The molecule has 0 unspecified atom stereocenters. The molecule has 132 valence electrons. The van der Waals surface area contributed by atoms with Crippen molar-refractivity contribution in [3.63, 3.8) is 0 Å². The molecule has 0 aliphatic carbocycles. The number of carbonyl (C=O) groups excluding carboxylic acids is 1. The molecular formula is C19H34O3Si. The summed E-state index contributed by atoms with van der Waals surface area (Å²) in [6, 6.07) is 0. The number of aliphatic hydroxyl groups is 1. The second-order valence-electron chi connectivity index (χ2n) is 7.08. The molecule has 0 aromatic rings. The fourth-order valence-electron chi connectivity index (χ4n) is 3.29. The maximum atomic E-state index is 11.3. The number of aliphatic hydroxyl groups excluding tert-OH is 1. The lowest BCUT2D eigenvalue weighted by molar-refractivity contribution is -0.137. The summed E-state index contributed by atoms with van der Waals surface area (Å²) in [6.45, 7) is 17.5. The highest BCUT2D eigenvalue weighted by molar-refractivity contribution is 6.90. The van der Waals surface area contributed by atoms with Gasteiger partial charge in [-0.1, -0.05) is 60.5 Å². The molecular weight excluding hydrogens is 304 g/mol. The van der Waals surface area contributed by atoms with Crippen LogP contribution in [0.3, 0.4) is 0 Å². The second-order valence-corrected chi connectivity index (χ2v) is 12.7. The van der Waals surface area contributed by atoms with Crippen molar-refractivity contribution in [2.45, 2.75) is 78.1 Å². The summed E-state index contributed by atoms with van der Waals surface area (Å²) in [5.74, 6) is 2.50. The molecule has 0 saturated heterocycles. The first-order valence-corrected chi connectivity index (χ1v) is 10.9. The molecule has 0 rings (SSSR count). The first kappa shape index (κ1) is 21.9. The Hall–Kier alpha value is -1.05. The van der Waals surface area contributed by atoms with Crippen LogP contribution in [0.1, 0.15) is 55.4 Å². The van der Waals surface area contributed by atoms with Crippen molar-refractivity contribution in [1.82, 2.24) is 0 Å². The van der Waals surface area contributed by atoms with E-state index in [9.17, 15) is 9.90 Å². The zero-order chi connectivity index (χ0) is 18.2. The molecule has 0 spiro atoms. The van der Waals surface area contributed by atoms with Crippen LogP contribution in [-0.4, -0.2) is 31.9 Å². The average molecular weight is 339 g/mol. The predicted molar refractivity (Wildman–Crippen MR) is 99.8 cm³/mol. The molecule has 0 amide bonds. The highest BCUT2D eigenvalue weighted by atomic mass is 28.3. The van der Waals surface area contributed by atoms with Crippen LogP contribution in [0.2, 0.25) is 16.6 Å². The van der Waals surface area contributed by atoms with Crippen molar-refractivity contribution in [2.24, 2.45) is 5.92 Å². The van der Waals surface area contributed by atoms with Crippen molar-refractivity contribution in [2.75, 3.05) is 6.61 Å². The molecule has 0 bridgehead atoms. The van der Waals surface area contributed by atoms with E-state index in [-0.39, 0.29) is 11.9 Å². The fourth-order valence-corrected chi connectivity index (χ4v) is 8.55. The zero-order valence-corrected chi connectivity index (χ0v) is 17.0. The fraction of sp³-hybridized carbons (Fsp3) is 0.737. The Balaban J connectivity index is 5.23. The molecule has 23 heavy (non-hydrogen) atoms. The van der Waals surface area contributed by atoms with Gasteiger partial charge in [-0.3, -0.25) is 0 Å². The maximum Gasteiger partial charge on any atom is 0.330 e. The lowest BCUT2D eigenvalue weighted by Crippen LogP contribution is -2.43. The van der Waals surface area contributed by atoms with Crippen molar-refractivity contribution in [3.05, 3.63) is 12.2 Å². The second kappa shape index (κ2) is 9.95. The van der Waals surface area contributed by atoms with E-state index in [0.29, 0.717) is 23.2 Å². The van der Waals surface area contributed by atoms with Crippen molar-refractivity contribution < 1.29 is 14.6 Å². The van der Waals surface area contributed by atoms with E-state index in [2.05, 4.69) is 53.0 Å². The van der Waals surface area contributed by atoms with Gasteiger partial charge in [0.05, 0.1) is 6.61 Å². The van der Waals surface area contributed by atoms with Gasteiger partial charge >= 0.3 is 5.97 Å². The van der Waals surface area contributed by atoms with E-state index in [0.717, 1.165) is 0 Å². The Labute approximate surface area is 143 Å². The summed E-state index contributed by atoms with van der Waals surface area (Å²) in [5.41, 5.74) is 5.12. The summed E-state index contributed by atoms with van der Waals surface area (Å²) in [5, 5.41) is 10.3. The van der Waals surface area contributed by atoms with E-state index < -0.39 is 14.2 Å². The number of rotatable bonds is 7. The average Bonchev–Trinajstić information content (AvgIpc) is 2.44. The van der Waals surface area contributed by atoms with E-state index in [1.54, 1.807) is 13.0 Å². The minimum absolute atomic E-state index is 0.204. The summed E-state index contributed by atoms with van der Waals surface area (Å²) in [6.07, 6.45) is 2.28. The highest BCUT2D eigenvalue weighted by Crippen LogP contribution is 2.40. The molecule has 0 aromatic heterocycles. The first-order chi connectivity index (χ1) is 10.6. The molecule has 0 saturated carbocycles. The summed E-state index contributed by atoms with van der Waals surface area (Å²) in [4.78, 5) is 11.3. The SMILES string of the molecule is CCOC(=O)/C=C/[C@@H](C)[C@@H](O)C#C[Si](C(C)C)(C(C)C)C(C)C. The van der Waals surface area contributed by atoms with Gasteiger partial charge in [0, 0.05) is 12.0 Å². The highest BCUT2D eigenvalue weighted by Gasteiger charge is 2.41. The van der Waals surface area contributed by atoms with E-state index >= 15 is 0 Å². The van der Waals surface area contributed by atoms with Crippen LogP contribution in [0.15, 0.2) is 12.2 Å². The van der Waals surface area contributed by atoms with E-state index in [1.165, 1.54) is 6.08 Å². The van der Waals surface area contributed by atoms with Gasteiger partial charge in [-0.25, -0.2) is 4.79 Å². The van der Waals surface area contributed by atoms with Gasteiger partial charge in [0.1, 0.15) is 14.2 Å². The topological polar surface area (TPSA) is 46.5 Å². The van der Waals surface area contributed by atoms with Crippen LogP contribution in [0, 0.1) is 17.4 Å². The number of hydrogen-bond acceptors (Lipinski definition) is 3. The lowest BCUT2D eigenvalue weighted by atomic mass is 10.1. The summed E-state index contributed by atoms with van der Waals surface area (Å²) in [7, 11) is -1.83. The molecule has 2 atom stereocenters. The van der Waals surface area contributed by atoms with Crippen LogP contribution >= 0.6 is 0 Å². The smallest absolute Gasteiger partial charge is 0.330 e. The zero-order valence-electron chi connectivity index (χ0n) is 16.0. The van der Waals surface area contributed by atoms with Gasteiger partial charge in [0.25, 0.3) is 0 Å². The van der Waals surface area contributed by atoms with Crippen LogP contribution in [0.25, 0.3) is 0 Å². The van der Waals surface area contributed by atoms with Gasteiger partial charge in [0.15, 0.2) is 0 Å². The maximum absolute atomic E-state index is 11.3. The standard InChI is InChI=1S/C19H34O3Si/c1-9-22-19(21)11-10-17(8)18(20)12-13-23(14(2)3,15(4)5)16(6)7/h10-11,14-18,20H,9H2,1-8H3/b11-10+/t17-,18+/m1/s1. The van der Waals surface area contributed by atoms with Gasteiger partial charge in [-0.05, 0) is 23.5 Å². The third kappa shape index (κ3) is 6.16. The third-order valence-corrected chi connectivity index (χ3v) is 10.9. The van der Waals surface area contributed by atoms with Crippen LogP contribution in [-0.2, 0) is 9.53 Å². The number of hydrogen-bond donors (Lipinski definition) is 1. The third-order valence-electron chi connectivity index (χ3n) is 4.62. The molecule has 0 fully saturated rings. The Kier molecular flexibility index (Phi) is 9.49. The Morgan fingerprint density at radius 3 is 1.96 bits per heavy atom. The van der Waals surface area contributed by atoms with E-state index in [4.69, 9.17) is 4.74 Å². The monoisotopic (exact) mass is 338 g/mol. The molecule has 0 aliphatic rings. The molecule has 0 aromatic carbocycles. The Bertz CT molecular complexity index is 433. The van der Waals surface area contributed by atoms with Crippen molar-refractivity contribution in [3.8, 4) is 11.5 Å². The number of carbonyl (C=O) groups is 1. The van der Waals surface area contributed by atoms with Crippen molar-refractivity contribution >= 4 is 14.0 Å². The van der Waals surface area contributed by atoms with Gasteiger partial charge in [-0.2, -0.15) is 0 Å². The van der Waals surface area contributed by atoms with Crippen LogP contribution in [0.5, 0.6) is 0 Å². The van der Waals surface area contributed by atoms with Gasteiger partial charge in [-0.15, -0.1) is 5.54 Å². The normalized spacial score (nSPS) is 15.0. The minimum Gasteiger partial charge on any atom is -0.463 e.